The fraction of sp³-hybridized carbons (Fsp3) is 0.400. The molecule has 2 heterocycles. The number of fused-ring (bicyclic) bond motifs is 1. The minimum Gasteiger partial charge on any atom is -0.421 e. The van der Waals surface area contributed by atoms with Gasteiger partial charge in [0.25, 0.3) is 0 Å². The highest BCUT2D eigenvalue weighted by Crippen LogP contribution is 2.27. The lowest BCUT2D eigenvalue weighted by molar-refractivity contribution is 0.557. The van der Waals surface area contributed by atoms with Gasteiger partial charge in [0, 0.05) is 18.5 Å². The fourth-order valence-corrected chi connectivity index (χ4v) is 2.76. The number of hydrogen-bond acceptors (Lipinski definition) is 3. The summed E-state index contributed by atoms with van der Waals surface area (Å²) in [6.07, 6.45) is 2.32. The van der Waals surface area contributed by atoms with Gasteiger partial charge in [0.1, 0.15) is 11.3 Å². The van der Waals surface area contributed by atoms with Crippen LogP contribution in [0.5, 0.6) is 0 Å². The molecule has 1 aromatic carbocycles. The second-order valence-electron chi connectivity index (χ2n) is 5.06. The van der Waals surface area contributed by atoms with Crippen molar-refractivity contribution in [2.24, 2.45) is 0 Å². The first-order valence-corrected chi connectivity index (χ1v) is 6.46. The van der Waals surface area contributed by atoms with E-state index in [-0.39, 0.29) is 5.63 Å². The molecule has 1 aliphatic rings. The molecular weight excluding hydrogens is 226 g/mol. The van der Waals surface area contributed by atoms with Crippen LogP contribution in [0, 0.1) is 13.8 Å². The summed E-state index contributed by atoms with van der Waals surface area (Å²) in [5.41, 5.74) is 3.40. The molecular formula is C15H17NO2. The van der Waals surface area contributed by atoms with Crippen LogP contribution in [-0.4, -0.2) is 13.1 Å². The number of anilines is 1. The summed E-state index contributed by atoms with van der Waals surface area (Å²) in [7, 11) is 0. The lowest BCUT2D eigenvalue weighted by Crippen LogP contribution is -2.25. The molecule has 2 aromatic rings. The Morgan fingerprint density at radius 2 is 1.89 bits per heavy atom. The van der Waals surface area contributed by atoms with Gasteiger partial charge in [0.2, 0.25) is 0 Å². The van der Waals surface area contributed by atoms with E-state index in [1.807, 2.05) is 26.0 Å². The number of benzene rings is 1. The quantitative estimate of drug-likeness (QED) is 0.722. The summed E-state index contributed by atoms with van der Waals surface area (Å²) in [5, 5.41) is 1.04. The van der Waals surface area contributed by atoms with E-state index >= 15 is 0 Å². The van der Waals surface area contributed by atoms with Gasteiger partial charge < -0.3 is 9.32 Å². The standard InChI is InChI=1S/C15H17NO2/c1-10-5-6-12-11(2)14(16-7-3-4-8-16)15(17)18-13(12)9-10/h5-6,9H,3-4,7-8H2,1-2H3. The van der Waals surface area contributed by atoms with Crippen molar-refractivity contribution < 1.29 is 4.42 Å². The predicted octanol–water partition coefficient (Wildman–Crippen LogP) is 3.01. The summed E-state index contributed by atoms with van der Waals surface area (Å²) in [4.78, 5) is 14.3. The van der Waals surface area contributed by atoms with Crippen LogP contribution >= 0.6 is 0 Å². The molecule has 0 radical (unpaired) electrons. The second kappa shape index (κ2) is 4.16. The van der Waals surface area contributed by atoms with Crippen molar-refractivity contribution in [3.05, 3.63) is 39.7 Å². The third kappa shape index (κ3) is 1.70. The first-order valence-electron chi connectivity index (χ1n) is 6.46. The summed E-state index contributed by atoms with van der Waals surface area (Å²) in [6, 6.07) is 6.03. The third-order valence-electron chi connectivity index (χ3n) is 3.71. The molecule has 0 bridgehead atoms. The van der Waals surface area contributed by atoms with Crippen LogP contribution in [0.25, 0.3) is 11.0 Å². The van der Waals surface area contributed by atoms with E-state index in [0.29, 0.717) is 5.58 Å². The number of rotatable bonds is 1. The number of aryl methyl sites for hydroxylation is 2. The Kier molecular flexibility index (Phi) is 2.62. The Morgan fingerprint density at radius 3 is 2.61 bits per heavy atom. The maximum Gasteiger partial charge on any atom is 0.360 e. The monoisotopic (exact) mass is 243 g/mol. The Bertz CT molecular complexity index is 651. The Labute approximate surface area is 106 Å². The summed E-state index contributed by atoms with van der Waals surface area (Å²) in [6.45, 7) is 5.94. The molecule has 3 rings (SSSR count). The van der Waals surface area contributed by atoms with Crippen molar-refractivity contribution in [3.63, 3.8) is 0 Å². The molecule has 94 valence electrons. The van der Waals surface area contributed by atoms with Crippen molar-refractivity contribution in [1.29, 1.82) is 0 Å². The molecule has 3 nitrogen and oxygen atoms in total. The average Bonchev–Trinajstić information content (AvgIpc) is 2.82. The molecule has 1 saturated heterocycles. The van der Waals surface area contributed by atoms with Crippen LogP contribution in [0.1, 0.15) is 24.0 Å². The van der Waals surface area contributed by atoms with E-state index in [1.165, 1.54) is 0 Å². The molecule has 1 fully saturated rings. The van der Waals surface area contributed by atoms with Crippen LogP contribution in [0.4, 0.5) is 5.69 Å². The maximum absolute atomic E-state index is 12.1. The Morgan fingerprint density at radius 1 is 1.17 bits per heavy atom. The van der Waals surface area contributed by atoms with E-state index in [1.54, 1.807) is 0 Å². The van der Waals surface area contributed by atoms with Crippen molar-refractivity contribution in [2.75, 3.05) is 18.0 Å². The molecule has 0 atom stereocenters. The fourth-order valence-electron chi connectivity index (χ4n) is 2.76. The molecule has 18 heavy (non-hydrogen) atoms. The van der Waals surface area contributed by atoms with Crippen molar-refractivity contribution >= 4 is 16.7 Å². The minimum atomic E-state index is -0.201. The molecule has 0 amide bonds. The smallest absolute Gasteiger partial charge is 0.360 e. The van der Waals surface area contributed by atoms with Gasteiger partial charge >= 0.3 is 5.63 Å². The van der Waals surface area contributed by atoms with E-state index < -0.39 is 0 Å². The lowest BCUT2D eigenvalue weighted by atomic mass is 10.1. The Balaban J connectivity index is 2.26. The van der Waals surface area contributed by atoms with Crippen LogP contribution in [0.2, 0.25) is 0 Å². The van der Waals surface area contributed by atoms with Crippen LogP contribution in [0.15, 0.2) is 27.4 Å². The molecule has 1 aliphatic heterocycles. The van der Waals surface area contributed by atoms with Gasteiger partial charge in [-0.15, -0.1) is 0 Å². The van der Waals surface area contributed by atoms with Crippen LogP contribution < -0.4 is 10.5 Å². The lowest BCUT2D eigenvalue weighted by Gasteiger charge is -2.19. The second-order valence-corrected chi connectivity index (χ2v) is 5.06. The maximum atomic E-state index is 12.1. The zero-order chi connectivity index (χ0) is 12.7. The van der Waals surface area contributed by atoms with Gasteiger partial charge in [-0.1, -0.05) is 12.1 Å². The third-order valence-corrected chi connectivity index (χ3v) is 3.71. The highest BCUT2D eigenvalue weighted by Gasteiger charge is 2.20. The first kappa shape index (κ1) is 11.3. The largest absolute Gasteiger partial charge is 0.421 e. The van der Waals surface area contributed by atoms with E-state index in [4.69, 9.17) is 4.42 Å². The Hall–Kier alpha value is -1.77. The molecule has 0 saturated carbocycles. The summed E-state index contributed by atoms with van der Waals surface area (Å²) in [5.74, 6) is 0. The van der Waals surface area contributed by atoms with Crippen molar-refractivity contribution in [1.82, 2.24) is 0 Å². The van der Waals surface area contributed by atoms with E-state index in [0.717, 1.165) is 48.1 Å². The van der Waals surface area contributed by atoms with Gasteiger partial charge in [-0.25, -0.2) is 4.79 Å². The summed E-state index contributed by atoms with van der Waals surface area (Å²) < 4.78 is 5.47. The van der Waals surface area contributed by atoms with E-state index in [9.17, 15) is 4.79 Å². The van der Waals surface area contributed by atoms with Gasteiger partial charge in [-0.05, 0) is 43.9 Å². The highest BCUT2D eigenvalue weighted by molar-refractivity contribution is 5.85. The molecule has 0 aliphatic carbocycles. The van der Waals surface area contributed by atoms with Crippen molar-refractivity contribution in [3.8, 4) is 0 Å². The van der Waals surface area contributed by atoms with E-state index in [2.05, 4.69) is 11.0 Å². The zero-order valence-electron chi connectivity index (χ0n) is 10.8. The number of hydrogen-bond donors (Lipinski definition) is 0. The van der Waals surface area contributed by atoms with Gasteiger partial charge in [-0.2, -0.15) is 0 Å². The minimum absolute atomic E-state index is 0.201. The normalized spacial score (nSPS) is 15.6. The average molecular weight is 243 g/mol. The molecule has 3 heteroatoms. The SMILES string of the molecule is Cc1ccc2c(C)c(N3CCCC3)c(=O)oc2c1. The molecule has 0 spiro atoms. The molecule has 0 N–H and O–H groups in total. The van der Waals surface area contributed by atoms with Crippen LogP contribution in [-0.2, 0) is 0 Å². The van der Waals surface area contributed by atoms with Crippen molar-refractivity contribution in [2.45, 2.75) is 26.7 Å². The zero-order valence-corrected chi connectivity index (χ0v) is 10.8. The number of nitrogens with zero attached hydrogens (tertiary/aromatic N) is 1. The first-order chi connectivity index (χ1) is 8.66. The van der Waals surface area contributed by atoms with Crippen LogP contribution in [0.3, 0.4) is 0 Å². The topological polar surface area (TPSA) is 33.5 Å². The highest BCUT2D eigenvalue weighted by atomic mass is 16.4. The van der Waals surface area contributed by atoms with Gasteiger partial charge in [0.15, 0.2) is 0 Å². The molecule has 0 unspecified atom stereocenters. The molecule has 1 aromatic heterocycles. The van der Waals surface area contributed by atoms with Gasteiger partial charge in [0.05, 0.1) is 0 Å². The summed E-state index contributed by atoms with van der Waals surface area (Å²) >= 11 is 0. The predicted molar refractivity (Wildman–Crippen MR) is 73.4 cm³/mol. The van der Waals surface area contributed by atoms with Gasteiger partial charge in [-0.3, -0.25) is 0 Å².